The molecule has 0 unspecified atom stereocenters. The van der Waals surface area contributed by atoms with Crippen LogP contribution in [0.2, 0.25) is 5.02 Å². The van der Waals surface area contributed by atoms with E-state index in [2.05, 4.69) is 6.07 Å². The molecule has 1 aromatic heterocycles. The van der Waals surface area contributed by atoms with Crippen LogP contribution < -0.4 is 0 Å². The van der Waals surface area contributed by atoms with Gasteiger partial charge < -0.3 is 9.64 Å². The Kier molecular flexibility index (Phi) is 10.6. The van der Waals surface area contributed by atoms with E-state index in [0.717, 1.165) is 25.6 Å². The highest BCUT2D eigenvalue weighted by molar-refractivity contribution is 7.89. The fourth-order valence-electron chi connectivity index (χ4n) is 6.40. The molecule has 5 aromatic rings. The quantitative estimate of drug-likeness (QED) is 0.147. The molecule has 4 aromatic carbocycles. The Bertz CT molecular complexity index is 2320. The van der Waals surface area contributed by atoms with Gasteiger partial charge in [0, 0.05) is 40.7 Å². The average Bonchev–Trinajstić information content (AvgIpc) is 3.51. The summed E-state index contributed by atoms with van der Waals surface area (Å²) in [5.41, 5.74) is 3.45. The third-order valence-corrected chi connectivity index (χ3v) is 11.0. The van der Waals surface area contributed by atoms with Crippen LogP contribution in [0.4, 0.5) is 10.5 Å². The summed E-state index contributed by atoms with van der Waals surface area (Å²) < 4.78 is 36.6. The topological polar surface area (TPSA) is 125 Å². The number of ether oxygens (including phenoxy) is 1. The SMILES string of the molecule is CC(C)[C@H]1CN(S(=O)(=O)c2cc3cc(Cl)ccc3n2C(=O)OC(C)(C)C)CC(=O)N1Cc1ccc(C#N)c(N=C(c2ccccc2)c2ccccc2)c1. The van der Waals surface area contributed by atoms with Gasteiger partial charge >= 0.3 is 6.09 Å². The van der Waals surface area contributed by atoms with E-state index in [1.165, 1.54) is 6.07 Å². The lowest BCUT2D eigenvalue weighted by Crippen LogP contribution is -2.59. The minimum Gasteiger partial charge on any atom is -0.443 e. The molecule has 10 nitrogen and oxygen atoms in total. The zero-order valence-corrected chi connectivity index (χ0v) is 31.7. The van der Waals surface area contributed by atoms with Crippen molar-refractivity contribution < 1.29 is 22.7 Å². The van der Waals surface area contributed by atoms with Crippen molar-refractivity contribution in [2.75, 3.05) is 13.1 Å². The van der Waals surface area contributed by atoms with Crippen LogP contribution in [0.25, 0.3) is 10.9 Å². The Morgan fingerprint density at radius 3 is 2.19 bits per heavy atom. The number of sulfonamides is 1. The van der Waals surface area contributed by atoms with Crippen LogP contribution in [-0.2, 0) is 26.1 Å². The highest BCUT2D eigenvalue weighted by Gasteiger charge is 2.42. The molecule has 1 saturated heterocycles. The molecule has 0 spiro atoms. The number of benzene rings is 4. The molecule has 0 bridgehead atoms. The number of nitriles is 1. The lowest BCUT2D eigenvalue weighted by atomic mass is 9.99. The first-order chi connectivity index (χ1) is 25.2. The summed E-state index contributed by atoms with van der Waals surface area (Å²) in [6.07, 6.45) is -0.860. The molecule has 1 amide bonds. The van der Waals surface area contributed by atoms with Crippen molar-refractivity contribution in [3.63, 3.8) is 0 Å². The van der Waals surface area contributed by atoms with Gasteiger partial charge in [0.15, 0.2) is 5.03 Å². The second-order valence-corrected chi connectivity index (χ2v) is 16.6. The van der Waals surface area contributed by atoms with Gasteiger partial charge in [-0.1, -0.05) is 92.2 Å². The number of amides is 1. The van der Waals surface area contributed by atoms with E-state index in [0.29, 0.717) is 32.9 Å². The van der Waals surface area contributed by atoms with Gasteiger partial charge in [-0.2, -0.15) is 9.57 Å². The summed E-state index contributed by atoms with van der Waals surface area (Å²) in [4.78, 5) is 34.2. The van der Waals surface area contributed by atoms with E-state index >= 15 is 0 Å². The summed E-state index contributed by atoms with van der Waals surface area (Å²) in [5, 5.41) is 10.5. The molecule has 2 heterocycles. The highest BCUT2D eigenvalue weighted by Crippen LogP contribution is 2.32. The molecule has 1 atom stereocenters. The summed E-state index contributed by atoms with van der Waals surface area (Å²) in [6.45, 7) is 8.69. The minimum atomic E-state index is -4.39. The molecule has 12 heteroatoms. The Balaban J connectivity index is 1.34. The number of aromatic nitrogens is 1. The number of nitrogens with zero attached hydrogens (tertiary/aromatic N) is 5. The summed E-state index contributed by atoms with van der Waals surface area (Å²) >= 11 is 6.23. The highest BCUT2D eigenvalue weighted by atomic mass is 35.5. The number of hydrogen-bond donors (Lipinski definition) is 0. The van der Waals surface area contributed by atoms with Gasteiger partial charge in [-0.25, -0.2) is 22.8 Å². The van der Waals surface area contributed by atoms with Crippen molar-refractivity contribution in [1.29, 1.82) is 5.26 Å². The predicted octanol–water partition coefficient (Wildman–Crippen LogP) is 8.18. The van der Waals surface area contributed by atoms with Crippen molar-refractivity contribution in [2.24, 2.45) is 10.9 Å². The Hall–Kier alpha value is -5.28. The van der Waals surface area contributed by atoms with Gasteiger partial charge in [0.25, 0.3) is 10.0 Å². The van der Waals surface area contributed by atoms with Crippen LogP contribution >= 0.6 is 11.6 Å². The van der Waals surface area contributed by atoms with Gasteiger partial charge in [0.1, 0.15) is 11.7 Å². The van der Waals surface area contributed by atoms with Crippen LogP contribution in [-0.4, -0.2) is 64.6 Å². The second kappa shape index (κ2) is 15.0. The fourth-order valence-corrected chi connectivity index (χ4v) is 8.16. The minimum absolute atomic E-state index is 0.00418. The van der Waals surface area contributed by atoms with E-state index in [1.807, 2.05) is 80.6 Å². The Labute approximate surface area is 314 Å². The van der Waals surface area contributed by atoms with Crippen LogP contribution in [0.3, 0.4) is 0 Å². The van der Waals surface area contributed by atoms with Crippen molar-refractivity contribution in [3.05, 3.63) is 130 Å². The van der Waals surface area contributed by atoms with E-state index in [-0.39, 0.29) is 24.0 Å². The number of fused-ring (bicyclic) bond motifs is 1. The number of carbonyl (C=O) groups excluding carboxylic acids is 2. The second-order valence-electron chi connectivity index (χ2n) is 14.3. The lowest BCUT2D eigenvalue weighted by Gasteiger charge is -2.42. The maximum absolute atomic E-state index is 14.4. The first-order valence-corrected chi connectivity index (χ1v) is 19.0. The summed E-state index contributed by atoms with van der Waals surface area (Å²) in [6, 6.07) is 32.6. The molecule has 0 saturated carbocycles. The van der Waals surface area contributed by atoms with Crippen LogP contribution in [0.1, 0.15) is 56.9 Å². The third-order valence-electron chi connectivity index (χ3n) is 8.96. The molecule has 0 aliphatic carbocycles. The van der Waals surface area contributed by atoms with Gasteiger partial charge in [0.2, 0.25) is 5.91 Å². The number of rotatable bonds is 8. The van der Waals surface area contributed by atoms with E-state index in [9.17, 15) is 23.3 Å². The van der Waals surface area contributed by atoms with Crippen LogP contribution in [0, 0.1) is 17.2 Å². The fraction of sp³-hybridized carbons (Fsp3) is 0.268. The number of carbonyl (C=O) groups is 2. The van der Waals surface area contributed by atoms with E-state index in [4.69, 9.17) is 21.3 Å². The molecule has 1 aliphatic heterocycles. The van der Waals surface area contributed by atoms with Gasteiger partial charge in [-0.15, -0.1) is 0 Å². The monoisotopic (exact) mass is 749 g/mol. The molecule has 0 N–H and O–H groups in total. The third kappa shape index (κ3) is 8.05. The van der Waals surface area contributed by atoms with Gasteiger partial charge in [0.05, 0.1) is 29.0 Å². The molecular formula is C41H40ClN5O5S. The Morgan fingerprint density at radius 1 is 0.962 bits per heavy atom. The Morgan fingerprint density at radius 2 is 1.60 bits per heavy atom. The van der Waals surface area contributed by atoms with Gasteiger partial charge in [-0.05, 0) is 68.7 Å². The molecule has 272 valence electrons. The molecule has 6 rings (SSSR count). The normalized spacial score (nSPS) is 15.4. The molecule has 1 aliphatic rings. The van der Waals surface area contributed by atoms with E-state index < -0.39 is 40.2 Å². The van der Waals surface area contributed by atoms with Crippen LogP contribution in [0.5, 0.6) is 0 Å². The first-order valence-electron chi connectivity index (χ1n) is 17.2. The number of aliphatic imine (C=N–C) groups is 1. The average molecular weight is 750 g/mol. The number of piperazine rings is 1. The lowest BCUT2D eigenvalue weighted by molar-refractivity contribution is -0.139. The van der Waals surface area contributed by atoms with Crippen LogP contribution in [0.15, 0.2) is 113 Å². The molecular weight excluding hydrogens is 710 g/mol. The smallest absolute Gasteiger partial charge is 0.420 e. The van der Waals surface area contributed by atoms with Gasteiger partial charge in [-0.3, -0.25) is 4.79 Å². The summed E-state index contributed by atoms with van der Waals surface area (Å²) in [7, 11) is -4.39. The van der Waals surface area contributed by atoms with Crippen molar-refractivity contribution in [2.45, 2.75) is 57.8 Å². The van der Waals surface area contributed by atoms with Crippen molar-refractivity contribution in [3.8, 4) is 6.07 Å². The van der Waals surface area contributed by atoms with E-state index in [1.54, 1.807) is 56.0 Å². The molecule has 53 heavy (non-hydrogen) atoms. The van der Waals surface area contributed by atoms with Crippen molar-refractivity contribution in [1.82, 2.24) is 13.8 Å². The first kappa shape index (κ1) is 37.5. The summed E-state index contributed by atoms with van der Waals surface area (Å²) in [5.74, 6) is -0.531. The molecule has 1 fully saturated rings. The maximum atomic E-state index is 14.4. The number of halogens is 1. The van der Waals surface area contributed by atoms with Crippen molar-refractivity contribution >= 4 is 55.9 Å². The maximum Gasteiger partial charge on any atom is 0.420 e. The zero-order chi connectivity index (χ0) is 38.1. The zero-order valence-electron chi connectivity index (χ0n) is 30.2. The molecule has 0 radical (unpaired) electrons. The largest absolute Gasteiger partial charge is 0.443 e. The number of hydrogen-bond acceptors (Lipinski definition) is 7. The predicted molar refractivity (Wildman–Crippen MR) is 206 cm³/mol. The standard InChI is InChI=1S/C41H40ClN5O5S/c1-27(2)36-25-45(53(50,51)38-22-32-21-33(42)18-19-35(32)47(38)40(49)52-41(3,4)5)26-37(48)46(36)24-28-16-17-31(23-43)34(20-28)44-39(29-12-8-6-9-13-29)30-14-10-7-11-15-30/h6-22,27,36H,24-26H2,1-5H3/t36-/m1/s1.